The van der Waals surface area contributed by atoms with E-state index in [-0.39, 0.29) is 22.6 Å². The number of hydrogen-bond acceptors (Lipinski definition) is 4. The Morgan fingerprint density at radius 2 is 2.11 bits per heavy atom. The van der Waals surface area contributed by atoms with E-state index in [1.165, 1.54) is 41.1 Å². The molecule has 0 fully saturated rings. The van der Waals surface area contributed by atoms with Crippen molar-refractivity contribution in [1.82, 2.24) is 4.57 Å². The van der Waals surface area contributed by atoms with Gasteiger partial charge in [0.1, 0.15) is 17.5 Å². The Bertz CT molecular complexity index is 680. The first-order chi connectivity index (χ1) is 9.06. The van der Waals surface area contributed by atoms with E-state index in [1.807, 2.05) is 6.07 Å². The number of aromatic carboxylic acids is 1. The second-order valence-corrected chi connectivity index (χ2v) is 3.61. The molecule has 2 rings (SSSR count). The number of hydrogen-bond donors (Lipinski definition) is 1. The number of benzene rings is 1. The molecule has 1 N–H and O–H groups in total. The van der Waals surface area contributed by atoms with Gasteiger partial charge in [0.2, 0.25) is 0 Å². The fourth-order valence-corrected chi connectivity index (χ4v) is 1.77. The first-order valence-corrected chi connectivity index (χ1v) is 5.14. The number of nitro groups is 1. The van der Waals surface area contributed by atoms with Crippen molar-refractivity contribution in [3.05, 3.63) is 57.9 Å². The third-order valence-electron chi connectivity index (χ3n) is 2.55. The Morgan fingerprint density at radius 3 is 2.68 bits per heavy atom. The van der Waals surface area contributed by atoms with Gasteiger partial charge >= 0.3 is 5.97 Å². The van der Waals surface area contributed by atoms with Gasteiger partial charge in [-0.05, 0) is 18.2 Å². The lowest BCUT2D eigenvalue weighted by atomic mass is 10.1. The highest BCUT2D eigenvalue weighted by molar-refractivity contribution is 5.94. The maximum atomic E-state index is 11.2. The number of aromatic nitrogens is 1. The molecule has 0 saturated carbocycles. The molecular formula is C12H7N3O4. The minimum absolute atomic E-state index is 0.122. The smallest absolute Gasteiger partial charge is 0.338 e. The van der Waals surface area contributed by atoms with Crippen LogP contribution in [0, 0.1) is 21.4 Å². The Kier molecular flexibility index (Phi) is 3.00. The molecule has 2 aromatic rings. The van der Waals surface area contributed by atoms with Crippen LogP contribution in [0.25, 0.3) is 5.69 Å². The van der Waals surface area contributed by atoms with Crippen molar-refractivity contribution in [2.75, 3.05) is 0 Å². The number of nitrogens with zero attached hydrogens (tertiary/aromatic N) is 3. The molecule has 0 amide bonds. The zero-order valence-corrected chi connectivity index (χ0v) is 9.48. The lowest BCUT2D eigenvalue weighted by molar-refractivity contribution is -0.384. The fourth-order valence-electron chi connectivity index (χ4n) is 1.77. The number of nitro benzene ring substituents is 1. The third kappa shape index (κ3) is 2.02. The van der Waals surface area contributed by atoms with Gasteiger partial charge in [0, 0.05) is 12.3 Å². The number of rotatable bonds is 3. The minimum atomic E-state index is -1.30. The van der Waals surface area contributed by atoms with E-state index in [4.69, 9.17) is 10.4 Å². The van der Waals surface area contributed by atoms with Gasteiger partial charge in [-0.15, -0.1) is 0 Å². The molecule has 0 aliphatic heterocycles. The zero-order valence-electron chi connectivity index (χ0n) is 9.48. The summed E-state index contributed by atoms with van der Waals surface area (Å²) in [5.74, 6) is -1.30. The standard InChI is InChI=1S/C12H7N3O4/c13-7-8-3-2-6-14(8)11-9(12(16)17)4-1-5-10(11)15(18)19/h1-6H,(H,16,17). The van der Waals surface area contributed by atoms with Gasteiger partial charge in [-0.3, -0.25) is 10.1 Å². The minimum Gasteiger partial charge on any atom is -0.478 e. The topological polar surface area (TPSA) is 109 Å². The predicted octanol–water partition coefficient (Wildman–Crippen LogP) is 1.96. The number of carboxylic acid groups (broad SMARTS) is 1. The van der Waals surface area contributed by atoms with Crippen molar-refractivity contribution in [2.45, 2.75) is 0 Å². The molecule has 0 atom stereocenters. The molecule has 1 aromatic heterocycles. The SMILES string of the molecule is N#Cc1cccn1-c1c(C(=O)O)cccc1[N+](=O)[O-]. The van der Waals surface area contributed by atoms with E-state index in [2.05, 4.69) is 0 Å². The average Bonchev–Trinajstić information content (AvgIpc) is 2.85. The van der Waals surface area contributed by atoms with Gasteiger partial charge in [-0.25, -0.2) is 4.79 Å². The quantitative estimate of drug-likeness (QED) is 0.667. The van der Waals surface area contributed by atoms with Gasteiger partial charge in [0.05, 0.1) is 10.5 Å². The summed E-state index contributed by atoms with van der Waals surface area (Å²) in [4.78, 5) is 21.5. The molecule has 0 saturated heterocycles. The zero-order chi connectivity index (χ0) is 14.0. The lowest BCUT2D eigenvalue weighted by Crippen LogP contribution is -2.09. The average molecular weight is 257 g/mol. The fraction of sp³-hybridized carbons (Fsp3) is 0. The molecule has 7 heteroatoms. The Hall–Kier alpha value is -3.14. The van der Waals surface area contributed by atoms with Crippen LogP contribution in [0.2, 0.25) is 0 Å². The van der Waals surface area contributed by atoms with E-state index in [1.54, 1.807) is 0 Å². The summed E-state index contributed by atoms with van der Waals surface area (Å²) < 4.78 is 1.20. The summed E-state index contributed by atoms with van der Waals surface area (Å²) in [6, 6.07) is 8.56. The van der Waals surface area contributed by atoms with E-state index >= 15 is 0 Å². The number of carboxylic acids is 1. The van der Waals surface area contributed by atoms with Crippen molar-refractivity contribution in [2.24, 2.45) is 0 Å². The van der Waals surface area contributed by atoms with Gasteiger partial charge in [-0.2, -0.15) is 5.26 Å². The molecule has 0 unspecified atom stereocenters. The number of para-hydroxylation sites is 1. The third-order valence-corrected chi connectivity index (χ3v) is 2.55. The maximum absolute atomic E-state index is 11.2. The molecule has 7 nitrogen and oxygen atoms in total. The molecule has 0 aliphatic carbocycles. The Morgan fingerprint density at radius 1 is 1.37 bits per heavy atom. The Labute approximate surface area is 107 Å². The first-order valence-electron chi connectivity index (χ1n) is 5.14. The molecule has 94 valence electrons. The molecule has 19 heavy (non-hydrogen) atoms. The molecule has 0 spiro atoms. The van der Waals surface area contributed by atoms with E-state index in [0.717, 1.165) is 0 Å². The highest BCUT2D eigenvalue weighted by Crippen LogP contribution is 2.28. The lowest BCUT2D eigenvalue weighted by Gasteiger charge is -2.09. The van der Waals surface area contributed by atoms with Gasteiger partial charge in [-0.1, -0.05) is 6.07 Å². The first kappa shape index (κ1) is 12.3. The second-order valence-electron chi connectivity index (χ2n) is 3.61. The van der Waals surface area contributed by atoms with Crippen LogP contribution in [0.4, 0.5) is 5.69 Å². The predicted molar refractivity (Wildman–Crippen MR) is 64.1 cm³/mol. The van der Waals surface area contributed by atoms with Crippen LogP contribution in [0.1, 0.15) is 16.1 Å². The van der Waals surface area contributed by atoms with Crippen LogP contribution >= 0.6 is 0 Å². The summed E-state index contributed by atoms with van der Waals surface area (Å²) in [5, 5.41) is 29.1. The second kappa shape index (κ2) is 4.62. The van der Waals surface area contributed by atoms with Gasteiger partial charge < -0.3 is 9.67 Å². The molecule has 1 aromatic carbocycles. The molecule has 0 bridgehead atoms. The summed E-state index contributed by atoms with van der Waals surface area (Å²) in [6.07, 6.45) is 1.41. The van der Waals surface area contributed by atoms with Crippen molar-refractivity contribution in [3.63, 3.8) is 0 Å². The van der Waals surface area contributed by atoms with Crippen LogP contribution in [0.3, 0.4) is 0 Å². The van der Waals surface area contributed by atoms with Crippen molar-refractivity contribution in [1.29, 1.82) is 5.26 Å². The van der Waals surface area contributed by atoms with Crippen LogP contribution in [0.5, 0.6) is 0 Å². The van der Waals surface area contributed by atoms with E-state index in [9.17, 15) is 14.9 Å². The van der Waals surface area contributed by atoms with Crippen molar-refractivity contribution >= 4 is 11.7 Å². The number of nitriles is 1. The van der Waals surface area contributed by atoms with Crippen molar-refractivity contribution in [3.8, 4) is 11.8 Å². The summed E-state index contributed by atoms with van der Waals surface area (Å²) in [5.41, 5.74) is -0.604. The maximum Gasteiger partial charge on any atom is 0.338 e. The van der Waals surface area contributed by atoms with Crippen molar-refractivity contribution < 1.29 is 14.8 Å². The summed E-state index contributed by atoms with van der Waals surface area (Å²) in [7, 11) is 0. The van der Waals surface area contributed by atoms with Crippen LogP contribution in [-0.4, -0.2) is 20.6 Å². The van der Waals surface area contributed by atoms with E-state index in [0.29, 0.717) is 0 Å². The molecule has 0 radical (unpaired) electrons. The molecule has 1 heterocycles. The monoisotopic (exact) mass is 257 g/mol. The Balaban J connectivity index is 2.84. The van der Waals surface area contributed by atoms with Gasteiger partial charge in [0.15, 0.2) is 0 Å². The largest absolute Gasteiger partial charge is 0.478 e. The molecule has 0 aliphatic rings. The van der Waals surface area contributed by atoms with Crippen LogP contribution in [0.15, 0.2) is 36.5 Å². The summed E-state index contributed by atoms with van der Waals surface area (Å²) in [6.45, 7) is 0. The van der Waals surface area contributed by atoms with E-state index < -0.39 is 10.9 Å². The summed E-state index contributed by atoms with van der Waals surface area (Å²) >= 11 is 0. The number of carbonyl (C=O) groups is 1. The van der Waals surface area contributed by atoms with Crippen LogP contribution < -0.4 is 0 Å². The molecular weight excluding hydrogens is 250 g/mol. The van der Waals surface area contributed by atoms with Gasteiger partial charge in [0.25, 0.3) is 5.69 Å². The highest BCUT2D eigenvalue weighted by atomic mass is 16.6. The highest BCUT2D eigenvalue weighted by Gasteiger charge is 2.23. The normalized spacial score (nSPS) is 9.84. The van der Waals surface area contributed by atoms with Crippen LogP contribution in [-0.2, 0) is 0 Å².